The molecule has 1 aromatic carbocycles. The van der Waals surface area contributed by atoms with Crippen molar-refractivity contribution in [1.29, 1.82) is 0 Å². The highest BCUT2D eigenvalue weighted by atomic mass is 15.2. The van der Waals surface area contributed by atoms with Gasteiger partial charge in [0.15, 0.2) is 0 Å². The molecule has 2 atom stereocenters. The molecule has 3 aliphatic heterocycles. The zero-order valence-corrected chi connectivity index (χ0v) is 10.2. The molecule has 0 aromatic heterocycles. The van der Waals surface area contributed by atoms with E-state index in [4.69, 9.17) is 0 Å². The van der Waals surface area contributed by atoms with E-state index in [1.54, 1.807) is 5.56 Å². The van der Waals surface area contributed by atoms with E-state index in [1.165, 1.54) is 37.9 Å². The molecule has 1 nitrogen and oxygen atoms in total. The molecule has 0 N–H and O–H groups in total. The van der Waals surface area contributed by atoms with Crippen molar-refractivity contribution in [3.63, 3.8) is 0 Å². The van der Waals surface area contributed by atoms with Crippen LogP contribution in [0.25, 0.3) is 6.08 Å². The quantitative estimate of drug-likeness (QED) is 0.709. The van der Waals surface area contributed by atoms with Crippen LogP contribution in [0.1, 0.15) is 36.3 Å². The second-order valence-corrected chi connectivity index (χ2v) is 5.80. The van der Waals surface area contributed by atoms with Gasteiger partial charge in [-0.3, -0.25) is 4.90 Å². The first kappa shape index (κ1) is 9.90. The standard InChI is InChI=1S/C16H19N/c1-2-4-14-13(3-1)5-6-15(14)16-11-12-7-9-17(16)10-8-12/h1-6,12,15-16H,7-11H2. The van der Waals surface area contributed by atoms with E-state index in [1.807, 2.05) is 0 Å². The minimum atomic E-state index is 0.661. The van der Waals surface area contributed by atoms with Gasteiger partial charge in [-0.1, -0.05) is 36.4 Å². The molecule has 2 unspecified atom stereocenters. The Bertz CT molecular complexity index is 454. The maximum absolute atomic E-state index is 2.73. The van der Waals surface area contributed by atoms with Crippen molar-refractivity contribution in [2.45, 2.75) is 31.2 Å². The minimum absolute atomic E-state index is 0.661. The van der Waals surface area contributed by atoms with Crippen LogP contribution in [-0.2, 0) is 0 Å². The minimum Gasteiger partial charge on any atom is -0.299 e. The van der Waals surface area contributed by atoms with Gasteiger partial charge in [-0.2, -0.15) is 0 Å². The van der Waals surface area contributed by atoms with Crippen LogP contribution >= 0.6 is 0 Å². The number of fused-ring (bicyclic) bond motifs is 4. The van der Waals surface area contributed by atoms with Crippen molar-refractivity contribution in [2.75, 3.05) is 13.1 Å². The highest BCUT2D eigenvalue weighted by Crippen LogP contribution is 2.42. The van der Waals surface area contributed by atoms with Gasteiger partial charge in [-0.15, -0.1) is 0 Å². The molecule has 0 saturated carbocycles. The summed E-state index contributed by atoms with van der Waals surface area (Å²) < 4.78 is 0. The second kappa shape index (κ2) is 3.71. The van der Waals surface area contributed by atoms with E-state index in [0.717, 1.165) is 12.0 Å². The molecule has 0 spiro atoms. The highest BCUT2D eigenvalue weighted by Gasteiger charge is 2.38. The van der Waals surface area contributed by atoms with Crippen LogP contribution in [0.2, 0.25) is 0 Å². The van der Waals surface area contributed by atoms with Crippen molar-refractivity contribution in [1.82, 2.24) is 4.90 Å². The summed E-state index contributed by atoms with van der Waals surface area (Å²) in [5, 5.41) is 0. The Labute approximate surface area is 103 Å². The first-order chi connectivity index (χ1) is 8.42. The summed E-state index contributed by atoms with van der Waals surface area (Å²) in [5.41, 5.74) is 3.00. The first-order valence-corrected chi connectivity index (χ1v) is 6.93. The zero-order valence-electron chi connectivity index (χ0n) is 10.2. The third-order valence-electron chi connectivity index (χ3n) is 4.95. The Morgan fingerprint density at radius 3 is 2.65 bits per heavy atom. The van der Waals surface area contributed by atoms with E-state index in [-0.39, 0.29) is 0 Å². The Kier molecular flexibility index (Phi) is 2.16. The molecule has 0 amide bonds. The van der Waals surface area contributed by atoms with Crippen LogP contribution in [0.4, 0.5) is 0 Å². The maximum Gasteiger partial charge on any atom is 0.0202 e. The van der Waals surface area contributed by atoms with Crippen molar-refractivity contribution in [3.05, 3.63) is 41.5 Å². The summed E-state index contributed by atoms with van der Waals surface area (Å²) in [6.45, 7) is 2.67. The fourth-order valence-corrected chi connectivity index (χ4v) is 4.00. The lowest BCUT2D eigenvalue weighted by Gasteiger charge is -2.47. The van der Waals surface area contributed by atoms with Crippen LogP contribution < -0.4 is 0 Å². The molecular formula is C16H19N. The first-order valence-electron chi connectivity index (χ1n) is 6.93. The molecule has 0 radical (unpaired) electrons. The summed E-state index contributed by atoms with van der Waals surface area (Å²) in [6, 6.07) is 9.70. The maximum atomic E-state index is 2.73. The van der Waals surface area contributed by atoms with Crippen LogP contribution in [0.5, 0.6) is 0 Å². The number of rotatable bonds is 1. The summed E-state index contributed by atoms with van der Waals surface area (Å²) >= 11 is 0. The molecule has 3 heterocycles. The Morgan fingerprint density at radius 1 is 1.06 bits per heavy atom. The molecule has 3 saturated heterocycles. The van der Waals surface area contributed by atoms with Gasteiger partial charge in [0.05, 0.1) is 0 Å². The largest absolute Gasteiger partial charge is 0.299 e. The van der Waals surface area contributed by atoms with E-state index >= 15 is 0 Å². The number of benzene rings is 1. The SMILES string of the molecule is C1=CC(C2CC3CCN2CC3)c2ccccc21. The molecule has 4 aliphatic rings. The van der Waals surface area contributed by atoms with Crippen LogP contribution in [0, 0.1) is 5.92 Å². The van der Waals surface area contributed by atoms with Crippen molar-refractivity contribution < 1.29 is 0 Å². The van der Waals surface area contributed by atoms with Gasteiger partial charge < -0.3 is 0 Å². The molecule has 88 valence electrons. The van der Waals surface area contributed by atoms with Crippen LogP contribution in [0.3, 0.4) is 0 Å². The Morgan fingerprint density at radius 2 is 1.88 bits per heavy atom. The lowest BCUT2D eigenvalue weighted by atomic mass is 9.77. The average molecular weight is 225 g/mol. The van der Waals surface area contributed by atoms with Gasteiger partial charge in [0.25, 0.3) is 0 Å². The summed E-state index contributed by atoms with van der Waals surface area (Å²) in [5.74, 6) is 1.67. The molecular weight excluding hydrogens is 206 g/mol. The lowest BCUT2D eigenvalue weighted by molar-refractivity contribution is 0.0427. The van der Waals surface area contributed by atoms with Crippen molar-refractivity contribution >= 4 is 6.08 Å². The van der Waals surface area contributed by atoms with Gasteiger partial charge in [0.1, 0.15) is 0 Å². The molecule has 3 fully saturated rings. The van der Waals surface area contributed by atoms with Crippen molar-refractivity contribution in [2.24, 2.45) is 5.92 Å². The molecule has 1 heteroatoms. The van der Waals surface area contributed by atoms with Gasteiger partial charge in [0.2, 0.25) is 0 Å². The van der Waals surface area contributed by atoms with Gasteiger partial charge in [-0.05, 0) is 49.4 Å². The van der Waals surface area contributed by atoms with E-state index < -0.39 is 0 Å². The molecule has 17 heavy (non-hydrogen) atoms. The fraction of sp³-hybridized carbons (Fsp3) is 0.500. The second-order valence-electron chi connectivity index (χ2n) is 5.80. The molecule has 1 aliphatic carbocycles. The fourth-order valence-electron chi connectivity index (χ4n) is 4.00. The number of hydrogen-bond acceptors (Lipinski definition) is 1. The molecule has 1 aromatic rings. The smallest absolute Gasteiger partial charge is 0.0202 e. The van der Waals surface area contributed by atoms with E-state index in [9.17, 15) is 0 Å². The summed E-state index contributed by atoms with van der Waals surface area (Å²) in [4.78, 5) is 2.73. The topological polar surface area (TPSA) is 3.24 Å². The predicted octanol–water partition coefficient (Wildman–Crippen LogP) is 3.28. The van der Waals surface area contributed by atoms with Gasteiger partial charge in [0, 0.05) is 12.0 Å². The highest BCUT2D eigenvalue weighted by molar-refractivity contribution is 5.62. The van der Waals surface area contributed by atoms with Crippen molar-refractivity contribution in [3.8, 4) is 0 Å². The number of hydrogen-bond donors (Lipinski definition) is 0. The van der Waals surface area contributed by atoms with Gasteiger partial charge in [-0.25, -0.2) is 0 Å². The third kappa shape index (κ3) is 1.49. The van der Waals surface area contributed by atoms with Crippen LogP contribution in [-0.4, -0.2) is 24.0 Å². The summed E-state index contributed by atoms with van der Waals surface area (Å²) in [6.07, 6.45) is 9.06. The predicted molar refractivity (Wildman–Crippen MR) is 70.9 cm³/mol. The molecule has 2 bridgehead atoms. The van der Waals surface area contributed by atoms with Crippen LogP contribution in [0.15, 0.2) is 30.3 Å². The van der Waals surface area contributed by atoms with E-state index in [2.05, 4.69) is 41.3 Å². The zero-order chi connectivity index (χ0) is 11.2. The Hall–Kier alpha value is -1.08. The Balaban J connectivity index is 1.67. The number of nitrogens with zero attached hydrogens (tertiary/aromatic N) is 1. The molecule has 5 rings (SSSR count). The third-order valence-corrected chi connectivity index (χ3v) is 4.95. The van der Waals surface area contributed by atoms with Gasteiger partial charge >= 0.3 is 0 Å². The average Bonchev–Trinajstić information content (AvgIpc) is 2.84. The monoisotopic (exact) mass is 225 g/mol. The normalized spacial score (nSPS) is 38.4. The summed E-state index contributed by atoms with van der Waals surface area (Å²) in [7, 11) is 0. The van der Waals surface area contributed by atoms with E-state index in [0.29, 0.717) is 5.92 Å². The number of piperidine rings is 3. The lowest BCUT2D eigenvalue weighted by Crippen LogP contribution is -2.50.